The predicted octanol–water partition coefficient (Wildman–Crippen LogP) is 11.3. The summed E-state index contributed by atoms with van der Waals surface area (Å²) in [5.74, 6) is -1.00. The smallest absolute Gasteiger partial charge is 0.462 e. The highest BCUT2D eigenvalue weighted by atomic mass is 31.2. The van der Waals surface area contributed by atoms with E-state index in [4.69, 9.17) is 19.3 Å². The van der Waals surface area contributed by atoms with Crippen LogP contribution in [0.3, 0.4) is 0 Å². The van der Waals surface area contributed by atoms with E-state index >= 15 is 0 Å². The number of rotatable bonds is 36. The molecule has 3 N–H and O–H groups in total. The summed E-state index contributed by atoms with van der Waals surface area (Å²) in [6, 6.07) is 0. The first-order chi connectivity index (χ1) is 25.7. The van der Waals surface area contributed by atoms with Crippen LogP contribution in [0.5, 0.6) is 0 Å². The van der Waals surface area contributed by atoms with Gasteiger partial charge in [0.05, 0.1) is 12.7 Å². The molecule has 0 bridgehead atoms. The first-order valence-corrected chi connectivity index (χ1v) is 21.9. The van der Waals surface area contributed by atoms with Crippen LogP contribution in [-0.2, 0) is 28.2 Å². The first-order valence-electron chi connectivity index (χ1n) is 20.3. The summed E-state index contributed by atoms with van der Waals surface area (Å²) in [5.41, 5.74) is 0. The van der Waals surface area contributed by atoms with Crippen molar-refractivity contribution in [1.82, 2.24) is 0 Å². The quantitative estimate of drug-likeness (QED) is 0.0187. The number of carbonyl (C=O) groups is 2. The van der Waals surface area contributed by atoms with Crippen molar-refractivity contribution < 1.29 is 43.0 Å². The fourth-order valence-corrected chi connectivity index (χ4v) is 5.61. The van der Waals surface area contributed by atoms with Crippen molar-refractivity contribution >= 4 is 19.8 Å². The van der Waals surface area contributed by atoms with Crippen molar-refractivity contribution in [3.63, 3.8) is 0 Å². The molecule has 2 atom stereocenters. The van der Waals surface area contributed by atoms with E-state index in [-0.39, 0.29) is 19.4 Å². The van der Waals surface area contributed by atoms with Gasteiger partial charge in [0.15, 0.2) is 6.10 Å². The van der Waals surface area contributed by atoms with Crippen LogP contribution in [-0.4, -0.2) is 52.3 Å². The van der Waals surface area contributed by atoms with E-state index in [0.717, 1.165) is 44.9 Å². The molecule has 0 amide bonds. The molecule has 10 heteroatoms. The summed E-state index contributed by atoms with van der Waals surface area (Å²) in [5, 5.41) is 9.97. The fraction of sp³-hybridized carbons (Fsp3) is 0.674. The monoisotopic (exact) mass is 764 g/mol. The Balaban J connectivity index is 4.11. The van der Waals surface area contributed by atoms with Crippen molar-refractivity contribution in [1.29, 1.82) is 0 Å². The molecule has 0 aliphatic carbocycles. The molecule has 0 aliphatic heterocycles. The number of hydrogen-bond acceptors (Lipinski definition) is 7. The van der Waals surface area contributed by atoms with Gasteiger partial charge in [0.25, 0.3) is 0 Å². The molecular formula is C43H73O9P. The van der Waals surface area contributed by atoms with Crippen molar-refractivity contribution in [2.24, 2.45) is 0 Å². The van der Waals surface area contributed by atoms with Gasteiger partial charge in [-0.15, -0.1) is 0 Å². The van der Waals surface area contributed by atoms with Crippen LogP contribution in [0.15, 0.2) is 72.9 Å². The number of phosphoric ester groups is 1. The molecule has 0 aliphatic rings. The van der Waals surface area contributed by atoms with Crippen LogP contribution in [0.2, 0.25) is 0 Å². The zero-order valence-electron chi connectivity index (χ0n) is 33.0. The highest BCUT2D eigenvalue weighted by Crippen LogP contribution is 2.36. The summed E-state index contributed by atoms with van der Waals surface area (Å²) in [6.45, 7) is 3.43. The minimum Gasteiger partial charge on any atom is -0.462 e. The second kappa shape index (κ2) is 37.8. The SMILES string of the molecule is CC/C=C\C/C=C\CC(O)/C=C/C=C\C/C=C\CCCC(=O)OC[C@H](COP(=O)(O)O)OC(=O)CCCCCCCCC/C=C\CCCCCCCC. The normalized spacial score (nSPS) is 13.8. The number of phosphoric acid groups is 1. The fourth-order valence-electron chi connectivity index (χ4n) is 5.25. The maximum atomic E-state index is 12.4. The van der Waals surface area contributed by atoms with Gasteiger partial charge in [0, 0.05) is 12.8 Å². The third kappa shape index (κ3) is 40.5. The van der Waals surface area contributed by atoms with Crippen molar-refractivity contribution in [2.75, 3.05) is 13.2 Å². The Morgan fingerprint density at radius 1 is 0.604 bits per heavy atom. The number of carbonyl (C=O) groups excluding carboxylic acids is 2. The topological polar surface area (TPSA) is 140 Å². The van der Waals surface area contributed by atoms with Gasteiger partial charge in [0.2, 0.25) is 0 Å². The van der Waals surface area contributed by atoms with Crippen molar-refractivity contribution in [3.05, 3.63) is 72.9 Å². The van der Waals surface area contributed by atoms with E-state index in [9.17, 15) is 19.3 Å². The van der Waals surface area contributed by atoms with Crippen LogP contribution in [0.25, 0.3) is 0 Å². The third-order valence-electron chi connectivity index (χ3n) is 8.29. The lowest BCUT2D eigenvalue weighted by atomic mass is 10.1. The van der Waals surface area contributed by atoms with Gasteiger partial charge in [0.1, 0.15) is 6.61 Å². The average Bonchev–Trinajstić information content (AvgIpc) is 3.12. The predicted molar refractivity (Wildman–Crippen MR) is 217 cm³/mol. The van der Waals surface area contributed by atoms with E-state index in [2.05, 4.69) is 42.7 Å². The highest BCUT2D eigenvalue weighted by molar-refractivity contribution is 7.46. The lowest BCUT2D eigenvalue weighted by molar-refractivity contribution is -0.161. The summed E-state index contributed by atoms with van der Waals surface area (Å²) < 4.78 is 26.3. The molecule has 1 unspecified atom stereocenters. The second-order valence-corrected chi connectivity index (χ2v) is 14.7. The molecule has 0 aromatic carbocycles. The van der Waals surface area contributed by atoms with Crippen LogP contribution in [0.4, 0.5) is 0 Å². The molecule has 0 aromatic heterocycles. The zero-order valence-corrected chi connectivity index (χ0v) is 33.9. The van der Waals surface area contributed by atoms with E-state index in [1.165, 1.54) is 64.2 Å². The molecule has 0 saturated heterocycles. The maximum Gasteiger partial charge on any atom is 0.469 e. The summed E-state index contributed by atoms with van der Waals surface area (Å²) in [4.78, 5) is 42.8. The standard InChI is InChI=1S/C43H73O9P/c1-3-5-7-9-11-12-13-14-15-16-17-18-19-20-25-29-33-37-43(46)52-41(39-51-53(47,48)49)38-50-42(45)36-32-28-24-22-21-23-27-31-35-40(44)34-30-26-10-8-6-4-2/h6,8,14-15,22-24,26-27,30-31,35,40-41,44H,3-5,7,9-13,16-21,25,28-29,32-34,36-39H2,1-2H3,(H2,47,48,49)/b8-6-,15-14-,24-22-,27-23-,30-26-,35-31+/t40?,41-/m1/s1. The number of hydrogen-bond donors (Lipinski definition) is 3. The third-order valence-corrected chi connectivity index (χ3v) is 8.77. The van der Waals surface area contributed by atoms with Gasteiger partial charge >= 0.3 is 19.8 Å². The minimum atomic E-state index is -4.78. The lowest BCUT2D eigenvalue weighted by Gasteiger charge is -2.18. The average molecular weight is 765 g/mol. The summed E-state index contributed by atoms with van der Waals surface area (Å²) >= 11 is 0. The van der Waals surface area contributed by atoms with Crippen LogP contribution < -0.4 is 0 Å². The van der Waals surface area contributed by atoms with E-state index in [1.54, 1.807) is 6.08 Å². The Kier molecular flexibility index (Phi) is 35.9. The van der Waals surface area contributed by atoms with Crippen LogP contribution >= 0.6 is 7.82 Å². The maximum absolute atomic E-state index is 12.4. The van der Waals surface area contributed by atoms with Crippen molar-refractivity contribution in [2.45, 2.75) is 174 Å². The number of aliphatic hydroxyl groups is 1. The number of unbranched alkanes of at least 4 members (excludes halogenated alkanes) is 14. The number of esters is 2. The first kappa shape index (κ1) is 50.5. The van der Waals surface area contributed by atoms with Crippen molar-refractivity contribution in [3.8, 4) is 0 Å². The second-order valence-electron chi connectivity index (χ2n) is 13.4. The van der Waals surface area contributed by atoms with Crippen LogP contribution in [0.1, 0.15) is 162 Å². The molecule has 0 radical (unpaired) electrons. The Labute approximate surface area is 322 Å². The lowest BCUT2D eigenvalue weighted by Crippen LogP contribution is -2.29. The Hall–Kier alpha value is -2.55. The van der Waals surface area contributed by atoms with Gasteiger partial charge in [-0.05, 0) is 70.6 Å². The molecule has 9 nitrogen and oxygen atoms in total. The zero-order chi connectivity index (χ0) is 39.1. The molecule has 0 fully saturated rings. The van der Waals surface area contributed by atoms with E-state index in [1.807, 2.05) is 42.5 Å². The van der Waals surface area contributed by atoms with Gasteiger partial charge in [-0.2, -0.15) is 0 Å². The number of allylic oxidation sites excluding steroid dienone is 10. The summed E-state index contributed by atoms with van der Waals surface area (Å²) in [7, 11) is -4.78. The molecule has 0 spiro atoms. The molecule has 0 saturated carbocycles. The number of aliphatic hydroxyl groups excluding tert-OH is 1. The van der Waals surface area contributed by atoms with E-state index in [0.29, 0.717) is 25.7 Å². The minimum absolute atomic E-state index is 0.153. The Morgan fingerprint density at radius 2 is 1.15 bits per heavy atom. The number of ether oxygens (including phenoxy) is 2. The highest BCUT2D eigenvalue weighted by Gasteiger charge is 2.22. The largest absolute Gasteiger partial charge is 0.469 e. The van der Waals surface area contributed by atoms with Gasteiger partial charge in [-0.1, -0.05) is 151 Å². The molecule has 304 valence electrons. The van der Waals surface area contributed by atoms with E-state index < -0.39 is 38.6 Å². The van der Waals surface area contributed by atoms with Crippen LogP contribution in [0, 0.1) is 0 Å². The Morgan fingerprint density at radius 3 is 1.81 bits per heavy atom. The molecular weight excluding hydrogens is 691 g/mol. The van der Waals surface area contributed by atoms with Gasteiger partial charge < -0.3 is 24.4 Å². The summed E-state index contributed by atoms with van der Waals surface area (Å²) in [6.07, 6.45) is 45.1. The molecule has 0 rings (SSSR count). The van der Waals surface area contributed by atoms with Gasteiger partial charge in [-0.3, -0.25) is 14.1 Å². The van der Waals surface area contributed by atoms with Gasteiger partial charge in [-0.25, -0.2) is 4.57 Å². The Bertz CT molecular complexity index is 1100. The molecule has 0 aromatic rings. The molecule has 53 heavy (non-hydrogen) atoms. The molecule has 0 heterocycles.